The Morgan fingerprint density at radius 3 is 2.68 bits per heavy atom. The van der Waals surface area contributed by atoms with Gasteiger partial charge in [0, 0.05) is 6.54 Å². The van der Waals surface area contributed by atoms with Crippen LogP contribution in [0.3, 0.4) is 0 Å². The second-order valence-electron chi connectivity index (χ2n) is 5.31. The van der Waals surface area contributed by atoms with E-state index in [1.807, 2.05) is 0 Å². The molecule has 104 valence electrons. The number of aryl methyl sites for hydroxylation is 1. The predicted molar refractivity (Wildman–Crippen MR) is 77.4 cm³/mol. The Hall–Kier alpha value is -1.21. The van der Waals surface area contributed by atoms with E-state index >= 15 is 0 Å². The maximum atomic E-state index is 12.1. The molecule has 0 aromatic carbocycles. The highest BCUT2D eigenvalue weighted by Crippen LogP contribution is 2.16. The molecule has 2 aromatic rings. The van der Waals surface area contributed by atoms with Crippen molar-refractivity contribution in [3.8, 4) is 0 Å². The Morgan fingerprint density at radius 1 is 1.37 bits per heavy atom. The maximum absolute atomic E-state index is 12.1. The van der Waals surface area contributed by atoms with Crippen molar-refractivity contribution >= 4 is 31.4 Å². The summed E-state index contributed by atoms with van der Waals surface area (Å²) in [6.07, 6.45) is 1.41. The van der Waals surface area contributed by atoms with Crippen molar-refractivity contribution in [2.24, 2.45) is 0 Å². The van der Waals surface area contributed by atoms with Crippen LogP contribution in [0.1, 0.15) is 20.8 Å². The largest absolute Gasteiger partial charge is 0.297 e. The van der Waals surface area contributed by atoms with Crippen LogP contribution in [-0.2, 0) is 16.4 Å². The predicted octanol–water partition coefficient (Wildman–Crippen LogP) is 1.67. The second kappa shape index (κ2) is 4.72. The van der Waals surface area contributed by atoms with E-state index in [1.165, 1.54) is 22.2 Å². The third kappa shape index (κ3) is 2.71. The molecular weight excluding hydrogens is 284 g/mol. The van der Waals surface area contributed by atoms with Crippen molar-refractivity contribution in [2.75, 3.05) is 5.75 Å². The summed E-state index contributed by atoms with van der Waals surface area (Å²) in [5, 5.41) is 1.80. The Bertz CT molecular complexity index is 751. The van der Waals surface area contributed by atoms with Gasteiger partial charge in [0.05, 0.1) is 22.3 Å². The van der Waals surface area contributed by atoms with Crippen molar-refractivity contribution in [3.63, 3.8) is 0 Å². The van der Waals surface area contributed by atoms with Crippen molar-refractivity contribution in [1.82, 2.24) is 9.55 Å². The molecule has 0 N–H and O–H groups in total. The second-order valence-corrected chi connectivity index (χ2v) is 9.09. The van der Waals surface area contributed by atoms with Crippen molar-refractivity contribution in [1.29, 1.82) is 0 Å². The van der Waals surface area contributed by atoms with Crippen LogP contribution >= 0.6 is 11.3 Å². The highest BCUT2D eigenvalue weighted by molar-refractivity contribution is 7.92. The lowest BCUT2D eigenvalue weighted by atomic mass is 10.3. The first-order valence-electron chi connectivity index (χ1n) is 5.87. The average Bonchev–Trinajstić information content (AvgIpc) is 2.75. The summed E-state index contributed by atoms with van der Waals surface area (Å²) in [5.41, 5.74) is 0.481. The lowest BCUT2D eigenvalue weighted by Gasteiger charge is -2.19. The van der Waals surface area contributed by atoms with E-state index in [1.54, 1.807) is 32.2 Å². The summed E-state index contributed by atoms with van der Waals surface area (Å²) in [5.74, 6) is -0.0605. The molecule has 0 radical (unpaired) electrons. The van der Waals surface area contributed by atoms with E-state index in [-0.39, 0.29) is 17.9 Å². The first-order chi connectivity index (χ1) is 8.72. The maximum Gasteiger partial charge on any atom is 0.271 e. The van der Waals surface area contributed by atoms with Gasteiger partial charge in [-0.3, -0.25) is 9.36 Å². The zero-order valence-corrected chi connectivity index (χ0v) is 12.7. The summed E-state index contributed by atoms with van der Waals surface area (Å²) < 4.78 is 25.2. The minimum absolute atomic E-state index is 0.0605. The SMILES string of the molecule is CC(C)(C)S(=O)(=O)CCn1cnc2ccsc2c1=O. The summed E-state index contributed by atoms with van der Waals surface area (Å²) in [4.78, 5) is 16.2. The molecule has 0 amide bonds. The molecule has 0 atom stereocenters. The first kappa shape index (κ1) is 14.2. The summed E-state index contributed by atoms with van der Waals surface area (Å²) in [7, 11) is -3.24. The summed E-state index contributed by atoms with van der Waals surface area (Å²) in [6.45, 7) is 5.11. The molecule has 0 aliphatic rings. The smallest absolute Gasteiger partial charge is 0.271 e. The van der Waals surface area contributed by atoms with Gasteiger partial charge in [0.15, 0.2) is 9.84 Å². The fourth-order valence-corrected chi connectivity index (χ4v) is 3.40. The zero-order valence-electron chi connectivity index (χ0n) is 11.1. The van der Waals surface area contributed by atoms with E-state index in [9.17, 15) is 13.2 Å². The minimum Gasteiger partial charge on any atom is -0.297 e. The van der Waals surface area contributed by atoms with E-state index < -0.39 is 14.6 Å². The van der Waals surface area contributed by atoms with Gasteiger partial charge >= 0.3 is 0 Å². The van der Waals surface area contributed by atoms with Gasteiger partial charge < -0.3 is 0 Å². The zero-order chi connectivity index (χ0) is 14.3. The molecule has 0 aliphatic carbocycles. The first-order valence-corrected chi connectivity index (χ1v) is 8.40. The molecule has 0 saturated carbocycles. The average molecular weight is 300 g/mol. The van der Waals surface area contributed by atoms with Crippen LogP contribution in [0, 0.1) is 0 Å². The molecule has 0 saturated heterocycles. The highest BCUT2D eigenvalue weighted by atomic mass is 32.2. The third-order valence-corrected chi connectivity index (χ3v) is 6.45. The van der Waals surface area contributed by atoms with Crippen LogP contribution in [0.15, 0.2) is 22.6 Å². The third-order valence-electron chi connectivity index (χ3n) is 2.97. The van der Waals surface area contributed by atoms with Crippen LogP contribution in [0.5, 0.6) is 0 Å². The number of rotatable bonds is 3. The Labute approximate surface area is 115 Å². The Morgan fingerprint density at radius 2 is 2.05 bits per heavy atom. The molecule has 0 bridgehead atoms. The van der Waals surface area contributed by atoms with Crippen LogP contribution in [0.25, 0.3) is 10.2 Å². The van der Waals surface area contributed by atoms with Crippen LogP contribution in [0.4, 0.5) is 0 Å². The van der Waals surface area contributed by atoms with Crippen molar-refractivity contribution in [3.05, 3.63) is 28.1 Å². The van der Waals surface area contributed by atoms with Gasteiger partial charge in [0.2, 0.25) is 0 Å². The fraction of sp³-hybridized carbons (Fsp3) is 0.500. The molecule has 2 rings (SSSR count). The quantitative estimate of drug-likeness (QED) is 0.864. The molecule has 0 aliphatic heterocycles. The number of nitrogens with zero attached hydrogens (tertiary/aromatic N) is 2. The molecule has 5 nitrogen and oxygen atoms in total. The molecule has 2 heterocycles. The van der Waals surface area contributed by atoms with Crippen molar-refractivity contribution in [2.45, 2.75) is 32.1 Å². The summed E-state index contributed by atoms with van der Waals surface area (Å²) >= 11 is 1.32. The molecular formula is C12H16N2O3S2. The standard InChI is InChI=1S/C12H16N2O3S2/c1-12(2,3)19(16,17)7-5-14-8-13-9-4-6-18-10(9)11(14)15/h4,6,8H,5,7H2,1-3H3. The van der Waals surface area contributed by atoms with E-state index in [0.29, 0.717) is 10.2 Å². The van der Waals surface area contributed by atoms with Crippen molar-refractivity contribution < 1.29 is 8.42 Å². The van der Waals surface area contributed by atoms with Crippen LogP contribution < -0.4 is 5.56 Å². The number of fused-ring (bicyclic) bond motifs is 1. The fourth-order valence-electron chi connectivity index (χ4n) is 1.56. The lowest BCUT2D eigenvalue weighted by molar-refractivity contribution is 0.552. The van der Waals surface area contributed by atoms with Crippen LogP contribution in [0.2, 0.25) is 0 Å². The van der Waals surface area contributed by atoms with Gasteiger partial charge in [-0.2, -0.15) is 0 Å². The molecule has 7 heteroatoms. The van der Waals surface area contributed by atoms with Crippen LogP contribution in [-0.4, -0.2) is 28.5 Å². The Kier molecular flexibility index (Phi) is 3.53. The monoisotopic (exact) mass is 300 g/mol. The van der Waals surface area contributed by atoms with E-state index in [2.05, 4.69) is 4.98 Å². The molecule has 19 heavy (non-hydrogen) atoms. The number of sulfone groups is 1. The number of hydrogen-bond donors (Lipinski definition) is 0. The van der Waals surface area contributed by atoms with Gasteiger partial charge in [0.25, 0.3) is 5.56 Å². The molecule has 2 aromatic heterocycles. The van der Waals surface area contributed by atoms with Gasteiger partial charge in [-0.1, -0.05) is 0 Å². The molecule has 0 unspecified atom stereocenters. The van der Waals surface area contributed by atoms with E-state index in [0.717, 1.165) is 0 Å². The van der Waals surface area contributed by atoms with Gasteiger partial charge in [-0.25, -0.2) is 13.4 Å². The van der Waals surface area contributed by atoms with Gasteiger partial charge in [-0.15, -0.1) is 11.3 Å². The topological polar surface area (TPSA) is 69.0 Å². The molecule has 0 fully saturated rings. The molecule has 0 spiro atoms. The Balaban J connectivity index is 2.28. The van der Waals surface area contributed by atoms with Gasteiger partial charge in [-0.05, 0) is 32.2 Å². The highest BCUT2D eigenvalue weighted by Gasteiger charge is 2.28. The normalized spacial score (nSPS) is 13.0. The number of hydrogen-bond acceptors (Lipinski definition) is 5. The lowest BCUT2D eigenvalue weighted by Crippen LogP contribution is -2.33. The summed E-state index contributed by atoms with van der Waals surface area (Å²) in [6, 6.07) is 1.78. The number of thiophene rings is 1. The van der Waals surface area contributed by atoms with E-state index in [4.69, 9.17) is 0 Å². The van der Waals surface area contributed by atoms with Gasteiger partial charge in [0.1, 0.15) is 4.70 Å². The number of aromatic nitrogens is 2. The minimum atomic E-state index is -3.24.